The van der Waals surface area contributed by atoms with Gasteiger partial charge in [-0.15, -0.1) is 0 Å². The Labute approximate surface area is 98.4 Å². The molecule has 0 amide bonds. The first-order chi connectivity index (χ1) is 8.15. The second-order valence-corrected chi connectivity index (χ2v) is 4.65. The highest BCUT2D eigenvalue weighted by Crippen LogP contribution is 2.29. The number of carbonyl (C=O) groups is 1. The Balaban J connectivity index is 2.21. The average molecular weight is 230 g/mol. The lowest BCUT2D eigenvalue weighted by Gasteiger charge is -2.18. The van der Waals surface area contributed by atoms with Crippen molar-refractivity contribution in [2.45, 2.75) is 25.3 Å². The van der Waals surface area contributed by atoms with Crippen LogP contribution < -0.4 is 5.73 Å². The van der Waals surface area contributed by atoms with E-state index in [1.165, 1.54) is 11.3 Å². The van der Waals surface area contributed by atoms with Crippen molar-refractivity contribution >= 4 is 16.9 Å². The van der Waals surface area contributed by atoms with E-state index in [0.29, 0.717) is 5.56 Å². The molecular formula is C13H14N2O2. The van der Waals surface area contributed by atoms with Crippen LogP contribution in [-0.2, 0) is 12.8 Å². The van der Waals surface area contributed by atoms with E-state index in [0.717, 1.165) is 30.2 Å². The highest BCUT2D eigenvalue weighted by Gasteiger charge is 2.20. The second kappa shape index (κ2) is 3.60. The van der Waals surface area contributed by atoms with Crippen LogP contribution in [0.15, 0.2) is 18.2 Å². The predicted molar refractivity (Wildman–Crippen MR) is 65.3 cm³/mol. The summed E-state index contributed by atoms with van der Waals surface area (Å²) < 4.78 is 0. The van der Waals surface area contributed by atoms with Crippen molar-refractivity contribution in [1.82, 2.24) is 4.98 Å². The third-order valence-corrected chi connectivity index (χ3v) is 3.47. The van der Waals surface area contributed by atoms with E-state index in [-0.39, 0.29) is 6.04 Å². The number of aromatic carboxylic acids is 1. The van der Waals surface area contributed by atoms with E-state index in [2.05, 4.69) is 4.98 Å². The van der Waals surface area contributed by atoms with Crippen LogP contribution in [0.1, 0.15) is 28.0 Å². The van der Waals surface area contributed by atoms with Crippen molar-refractivity contribution in [1.29, 1.82) is 0 Å². The van der Waals surface area contributed by atoms with E-state index in [9.17, 15) is 4.79 Å². The molecule has 1 unspecified atom stereocenters. The molecule has 4 heteroatoms. The minimum Gasteiger partial charge on any atom is -0.478 e. The Bertz CT molecular complexity index is 601. The number of aryl methyl sites for hydroxylation is 1. The quantitative estimate of drug-likeness (QED) is 0.697. The monoisotopic (exact) mass is 230 g/mol. The van der Waals surface area contributed by atoms with Crippen LogP contribution in [0.2, 0.25) is 0 Å². The van der Waals surface area contributed by atoms with Gasteiger partial charge in [-0.1, -0.05) is 0 Å². The summed E-state index contributed by atoms with van der Waals surface area (Å²) >= 11 is 0. The summed E-state index contributed by atoms with van der Waals surface area (Å²) in [6.45, 7) is 0. The first kappa shape index (κ1) is 10.4. The number of carboxylic acids is 1. The summed E-state index contributed by atoms with van der Waals surface area (Å²) in [6, 6.07) is 5.40. The third kappa shape index (κ3) is 1.61. The molecule has 0 spiro atoms. The van der Waals surface area contributed by atoms with Crippen molar-refractivity contribution in [3.05, 3.63) is 35.0 Å². The largest absolute Gasteiger partial charge is 0.478 e. The summed E-state index contributed by atoms with van der Waals surface area (Å²) in [5.41, 5.74) is 9.72. The van der Waals surface area contributed by atoms with Crippen LogP contribution in [-0.4, -0.2) is 22.1 Å². The molecule has 1 aromatic heterocycles. The maximum absolute atomic E-state index is 11.0. The molecule has 2 aromatic rings. The Morgan fingerprint density at radius 2 is 2.29 bits per heavy atom. The van der Waals surface area contributed by atoms with Gasteiger partial charge in [0.15, 0.2) is 0 Å². The molecule has 0 bridgehead atoms. The van der Waals surface area contributed by atoms with E-state index in [1.54, 1.807) is 12.1 Å². The van der Waals surface area contributed by atoms with Gasteiger partial charge in [-0.25, -0.2) is 4.79 Å². The fraction of sp³-hybridized carbons (Fsp3) is 0.308. The average Bonchev–Trinajstić information content (AvgIpc) is 2.66. The molecule has 4 N–H and O–H groups in total. The number of aromatic nitrogens is 1. The molecule has 0 radical (unpaired) electrons. The van der Waals surface area contributed by atoms with Gasteiger partial charge in [0.1, 0.15) is 0 Å². The number of hydrogen-bond acceptors (Lipinski definition) is 2. The number of rotatable bonds is 1. The second-order valence-electron chi connectivity index (χ2n) is 4.65. The fourth-order valence-corrected chi connectivity index (χ4v) is 2.58. The Hall–Kier alpha value is -1.81. The highest BCUT2D eigenvalue weighted by molar-refractivity contribution is 5.95. The zero-order valence-electron chi connectivity index (χ0n) is 9.36. The van der Waals surface area contributed by atoms with Crippen LogP contribution in [0.3, 0.4) is 0 Å². The molecule has 88 valence electrons. The maximum Gasteiger partial charge on any atom is 0.335 e. The molecule has 1 heterocycles. The number of aromatic amines is 1. The van der Waals surface area contributed by atoms with Gasteiger partial charge in [0.05, 0.1) is 5.56 Å². The van der Waals surface area contributed by atoms with Crippen LogP contribution in [0.5, 0.6) is 0 Å². The van der Waals surface area contributed by atoms with Gasteiger partial charge in [-0.05, 0) is 43.0 Å². The zero-order valence-corrected chi connectivity index (χ0v) is 9.36. The molecule has 0 aliphatic heterocycles. The topological polar surface area (TPSA) is 79.1 Å². The molecule has 0 saturated carbocycles. The molecule has 17 heavy (non-hydrogen) atoms. The first-order valence-electron chi connectivity index (χ1n) is 5.77. The molecule has 3 rings (SSSR count). The minimum atomic E-state index is -0.887. The number of benzene rings is 1. The Kier molecular flexibility index (Phi) is 2.19. The summed E-state index contributed by atoms with van der Waals surface area (Å²) in [7, 11) is 0. The third-order valence-electron chi connectivity index (χ3n) is 3.47. The SMILES string of the molecule is NC1CCc2[nH]c3ccc(C(=O)O)cc3c2C1. The maximum atomic E-state index is 11.0. The predicted octanol–water partition coefficient (Wildman–Crippen LogP) is 1.68. The van der Waals surface area contributed by atoms with Crippen molar-refractivity contribution < 1.29 is 9.90 Å². The van der Waals surface area contributed by atoms with Crippen LogP contribution in [0.25, 0.3) is 10.9 Å². The summed E-state index contributed by atoms with van der Waals surface area (Å²) in [5.74, 6) is -0.887. The van der Waals surface area contributed by atoms with E-state index >= 15 is 0 Å². The normalized spacial score (nSPS) is 19.2. The summed E-state index contributed by atoms with van der Waals surface area (Å²) in [6.07, 6.45) is 2.78. The fourth-order valence-electron chi connectivity index (χ4n) is 2.58. The molecule has 1 aromatic carbocycles. The zero-order chi connectivity index (χ0) is 12.0. The molecule has 1 aliphatic carbocycles. The molecular weight excluding hydrogens is 216 g/mol. The lowest BCUT2D eigenvalue weighted by atomic mass is 9.92. The Morgan fingerprint density at radius 1 is 1.47 bits per heavy atom. The van der Waals surface area contributed by atoms with Gasteiger partial charge in [-0.3, -0.25) is 0 Å². The van der Waals surface area contributed by atoms with E-state index < -0.39 is 5.97 Å². The lowest BCUT2D eigenvalue weighted by Crippen LogP contribution is -2.27. The molecule has 1 aliphatic rings. The van der Waals surface area contributed by atoms with Crippen LogP contribution >= 0.6 is 0 Å². The van der Waals surface area contributed by atoms with Gasteiger partial charge in [0, 0.05) is 22.6 Å². The molecule has 1 atom stereocenters. The number of hydrogen-bond donors (Lipinski definition) is 3. The summed E-state index contributed by atoms with van der Waals surface area (Å²) in [4.78, 5) is 14.3. The van der Waals surface area contributed by atoms with Gasteiger partial charge < -0.3 is 15.8 Å². The minimum absolute atomic E-state index is 0.190. The van der Waals surface area contributed by atoms with Crippen molar-refractivity contribution in [3.8, 4) is 0 Å². The van der Waals surface area contributed by atoms with Gasteiger partial charge in [-0.2, -0.15) is 0 Å². The lowest BCUT2D eigenvalue weighted by molar-refractivity contribution is 0.0697. The smallest absolute Gasteiger partial charge is 0.335 e. The molecule has 0 fully saturated rings. The number of nitrogens with one attached hydrogen (secondary N) is 1. The van der Waals surface area contributed by atoms with Crippen LogP contribution in [0.4, 0.5) is 0 Å². The van der Waals surface area contributed by atoms with Gasteiger partial charge in [0.25, 0.3) is 0 Å². The van der Waals surface area contributed by atoms with E-state index in [4.69, 9.17) is 10.8 Å². The number of fused-ring (bicyclic) bond motifs is 3. The Morgan fingerprint density at radius 3 is 3.06 bits per heavy atom. The standard InChI is InChI=1S/C13H14N2O2/c14-8-2-4-12-10(6-8)9-5-7(13(16)17)1-3-11(9)15-12/h1,3,5,8,15H,2,4,6,14H2,(H,16,17). The highest BCUT2D eigenvalue weighted by atomic mass is 16.4. The van der Waals surface area contributed by atoms with Crippen molar-refractivity contribution in [3.63, 3.8) is 0 Å². The van der Waals surface area contributed by atoms with Gasteiger partial charge in [0.2, 0.25) is 0 Å². The molecule has 0 saturated heterocycles. The first-order valence-corrected chi connectivity index (χ1v) is 5.77. The van der Waals surface area contributed by atoms with Gasteiger partial charge >= 0.3 is 5.97 Å². The number of carboxylic acid groups (broad SMARTS) is 1. The van der Waals surface area contributed by atoms with Crippen molar-refractivity contribution in [2.75, 3.05) is 0 Å². The van der Waals surface area contributed by atoms with Crippen LogP contribution in [0, 0.1) is 0 Å². The van der Waals surface area contributed by atoms with E-state index in [1.807, 2.05) is 6.07 Å². The van der Waals surface area contributed by atoms with Crippen molar-refractivity contribution in [2.24, 2.45) is 5.73 Å². The number of H-pyrrole nitrogens is 1. The summed E-state index contributed by atoms with van der Waals surface area (Å²) in [5, 5.41) is 10.0. The number of nitrogens with two attached hydrogens (primary N) is 1. The molecule has 4 nitrogen and oxygen atoms in total.